The summed E-state index contributed by atoms with van der Waals surface area (Å²) in [5.41, 5.74) is 0.591. The molecule has 1 heterocycles. The Morgan fingerprint density at radius 3 is 2.89 bits per heavy atom. The Morgan fingerprint density at radius 1 is 1.78 bits per heavy atom. The quantitative estimate of drug-likeness (QED) is 0.486. The number of hydrogen-bond acceptors (Lipinski definition) is 2. The molecule has 3 nitrogen and oxygen atoms in total. The lowest BCUT2D eigenvalue weighted by Gasteiger charge is -2.16. The van der Waals surface area contributed by atoms with Crippen molar-refractivity contribution >= 4 is 11.6 Å². The van der Waals surface area contributed by atoms with Crippen molar-refractivity contribution in [2.45, 2.75) is 19.9 Å². The van der Waals surface area contributed by atoms with Crippen LogP contribution in [-0.2, 0) is 4.79 Å². The van der Waals surface area contributed by atoms with Crippen LogP contribution in [0.25, 0.3) is 0 Å². The first-order valence-electron chi connectivity index (χ1n) is 3.02. The molecule has 3 heteroatoms. The third-order valence-corrected chi connectivity index (χ3v) is 1.31. The van der Waals surface area contributed by atoms with Gasteiger partial charge in [0.05, 0.1) is 12.3 Å². The lowest BCUT2D eigenvalue weighted by atomic mass is 10.2. The van der Waals surface area contributed by atoms with Crippen molar-refractivity contribution < 1.29 is 4.79 Å². The molecular weight excluding hydrogens is 116 g/mol. The second-order valence-electron chi connectivity index (χ2n) is 2.30. The molecule has 0 saturated heterocycles. The van der Waals surface area contributed by atoms with Gasteiger partial charge in [-0.25, -0.2) is 0 Å². The fourth-order valence-electron chi connectivity index (χ4n) is 0.720. The Bertz CT molecular complexity index is 162. The summed E-state index contributed by atoms with van der Waals surface area (Å²) in [5, 5.41) is 2.76. The van der Waals surface area contributed by atoms with Crippen LogP contribution in [0.5, 0.6) is 0 Å². The Balaban J connectivity index is 2.68. The molecule has 1 aliphatic rings. The molecular formula is C6H10N2O. The van der Waals surface area contributed by atoms with Gasteiger partial charge in [0, 0.05) is 6.04 Å². The molecule has 0 saturated carbocycles. The number of carbonyl (C=O) groups is 1. The normalized spacial score (nSPS) is 27.1. The zero-order valence-corrected chi connectivity index (χ0v) is 5.64. The first kappa shape index (κ1) is 6.26. The highest BCUT2D eigenvalue weighted by atomic mass is 16.2. The van der Waals surface area contributed by atoms with Crippen LogP contribution in [0.1, 0.15) is 13.8 Å². The summed E-state index contributed by atoms with van der Waals surface area (Å²) in [4.78, 5) is 14.8. The lowest BCUT2D eigenvalue weighted by Crippen LogP contribution is -2.42. The molecule has 0 spiro atoms. The van der Waals surface area contributed by atoms with E-state index in [1.54, 1.807) is 6.92 Å². The minimum Gasteiger partial charge on any atom is -0.347 e. The van der Waals surface area contributed by atoms with E-state index in [1.165, 1.54) is 0 Å². The largest absolute Gasteiger partial charge is 0.347 e. The van der Waals surface area contributed by atoms with E-state index in [0.29, 0.717) is 5.71 Å². The molecule has 0 radical (unpaired) electrons. The predicted octanol–water partition coefficient (Wildman–Crippen LogP) is -0.0344. The topological polar surface area (TPSA) is 41.5 Å². The van der Waals surface area contributed by atoms with Crippen molar-refractivity contribution in [2.75, 3.05) is 6.54 Å². The summed E-state index contributed by atoms with van der Waals surface area (Å²) in [7, 11) is 0. The zero-order valence-electron chi connectivity index (χ0n) is 5.64. The van der Waals surface area contributed by atoms with Crippen molar-refractivity contribution in [3.05, 3.63) is 0 Å². The summed E-state index contributed by atoms with van der Waals surface area (Å²) in [6.07, 6.45) is 0. The monoisotopic (exact) mass is 126 g/mol. The average molecular weight is 126 g/mol. The minimum absolute atomic E-state index is 0.0336. The number of hydrogen-bond donors (Lipinski definition) is 1. The fourth-order valence-corrected chi connectivity index (χ4v) is 0.720. The van der Waals surface area contributed by atoms with Crippen LogP contribution in [-0.4, -0.2) is 24.2 Å². The minimum atomic E-state index is -0.0336. The maximum absolute atomic E-state index is 10.8. The van der Waals surface area contributed by atoms with Crippen molar-refractivity contribution in [1.82, 2.24) is 5.32 Å². The Kier molecular flexibility index (Phi) is 1.51. The molecule has 0 aromatic heterocycles. The number of carbonyl (C=O) groups excluding carboxylic acids is 1. The first-order chi connectivity index (χ1) is 4.20. The predicted molar refractivity (Wildman–Crippen MR) is 35.6 cm³/mol. The average Bonchev–Trinajstić information content (AvgIpc) is 1.80. The van der Waals surface area contributed by atoms with Gasteiger partial charge in [0.25, 0.3) is 5.91 Å². The zero-order chi connectivity index (χ0) is 6.85. The summed E-state index contributed by atoms with van der Waals surface area (Å²) >= 11 is 0. The van der Waals surface area contributed by atoms with E-state index in [2.05, 4.69) is 10.3 Å². The number of nitrogens with one attached hydrogen (secondary N) is 1. The third kappa shape index (κ3) is 1.28. The maximum Gasteiger partial charge on any atom is 0.265 e. The molecule has 1 atom stereocenters. The molecule has 0 aliphatic carbocycles. The van der Waals surface area contributed by atoms with E-state index < -0.39 is 0 Å². The summed E-state index contributed by atoms with van der Waals surface area (Å²) < 4.78 is 0. The van der Waals surface area contributed by atoms with E-state index in [0.717, 1.165) is 6.54 Å². The van der Waals surface area contributed by atoms with Crippen LogP contribution < -0.4 is 5.32 Å². The van der Waals surface area contributed by atoms with Gasteiger partial charge in [-0.2, -0.15) is 0 Å². The van der Waals surface area contributed by atoms with Gasteiger partial charge in [-0.1, -0.05) is 0 Å². The molecule has 0 unspecified atom stereocenters. The molecule has 1 amide bonds. The summed E-state index contributed by atoms with van der Waals surface area (Å²) in [6, 6.07) is 0.209. The van der Waals surface area contributed by atoms with Crippen molar-refractivity contribution in [3.8, 4) is 0 Å². The molecule has 0 bridgehead atoms. The first-order valence-corrected chi connectivity index (χ1v) is 3.02. The summed E-state index contributed by atoms with van der Waals surface area (Å²) in [5.74, 6) is -0.0336. The Labute approximate surface area is 54.2 Å². The van der Waals surface area contributed by atoms with Crippen LogP contribution >= 0.6 is 0 Å². The van der Waals surface area contributed by atoms with E-state index in [4.69, 9.17) is 0 Å². The molecule has 0 aromatic carbocycles. The van der Waals surface area contributed by atoms with Crippen LogP contribution in [0, 0.1) is 0 Å². The standard InChI is InChI=1S/C6H10N2O/c1-4-3-7-5(2)6(9)8-4/h4H,3H2,1-2H3,(H,8,9)/t4-/m0/s1. The second kappa shape index (κ2) is 2.17. The molecule has 9 heavy (non-hydrogen) atoms. The van der Waals surface area contributed by atoms with Crippen molar-refractivity contribution in [1.29, 1.82) is 0 Å². The van der Waals surface area contributed by atoms with Gasteiger partial charge in [-0.3, -0.25) is 9.79 Å². The SMILES string of the molecule is CC1=NC[C@H](C)NC1=O. The van der Waals surface area contributed by atoms with E-state index >= 15 is 0 Å². The highest BCUT2D eigenvalue weighted by molar-refractivity contribution is 6.38. The van der Waals surface area contributed by atoms with Gasteiger partial charge in [-0.05, 0) is 13.8 Å². The fraction of sp³-hybridized carbons (Fsp3) is 0.667. The highest BCUT2D eigenvalue weighted by Gasteiger charge is 2.14. The molecule has 1 aliphatic heterocycles. The molecule has 50 valence electrons. The van der Waals surface area contributed by atoms with E-state index in [1.807, 2.05) is 6.92 Å². The number of rotatable bonds is 0. The number of nitrogens with zero attached hydrogens (tertiary/aromatic N) is 1. The third-order valence-electron chi connectivity index (χ3n) is 1.31. The maximum atomic E-state index is 10.8. The summed E-state index contributed by atoms with van der Waals surface area (Å²) in [6.45, 7) is 4.38. The van der Waals surface area contributed by atoms with Gasteiger partial charge < -0.3 is 5.32 Å². The van der Waals surface area contributed by atoms with Gasteiger partial charge in [0.15, 0.2) is 0 Å². The lowest BCUT2D eigenvalue weighted by molar-refractivity contribution is -0.115. The number of aliphatic imine (C=N–C) groups is 1. The van der Waals surface area contributed by atoms with Crippen LogP contribution in [0.3, 0.4) is 0 Å². The smallest absolute Gasteiger partial charge is 0.265 e. The number of amides is 1. The van der Waals surface area contributed by atoms with Gasteiger partial charge >= 0.3 is 0 Å². The van der Waals surface area contributed by atoms with Crippen LogP contribution in [0.2, 0.25) is 0 Å². The van der Waals surface area contributed by atoms with Crippen molar-refractivity contribution in [2.24, 2.45) is 4.99 Å². The van der Waals surface area contributed by atoms with Crippen LogP contribution in [0.15, 0.2) is 4.99 Å². The second-order valence-corrected chi connectivity index (χ2v) is 2.30. The van der Waals surface area contributed by atoms with E-state index in [9.17, 15) is 4.79 Å². The van der Waals surface area contributed by atoms with Gasteiger partial charge in [0.1, 0.15) is 0 Å². The molecule has 0 aromatic rings. The van der Waals surface area contributed by atoms with Gasteiger partial charge in [0.2, 0.25) is 0 Å². The Morgan fingerprint density at radius 2 is 2.44 bits per heavy atom. The highest BCUT2D eigenvalue weighted by Crippen LogP contribution is 1.92. The van der Waals surface area contributed by atoms with Crippen LogP contribution in [0.4, 0.5) is 0 Å². The van der Waals surface area contributed by atoms with Gasteiger partial charge in [-0.15, -0.1) is 0 Å². The molecule has 0 fully saturated rings. The molecule has 1 rings (SSSR count). The Hall–Kier alpha value is -0.860. The van der Waals surface area contributed by atoms with Crippen molar-refractivity contribution in [3.63, 3.8) is 0 Å². The van der Waals surface area contributed by atoms with E-state index in [-0.39, 0.29) is 11.9 Å². The molecule has 1 N–H and O–H groups in total.